The van der Waals surface area contributed by atoms with Gasteiger partial charge in [-0.1, -0.05) is 0 Å². The number of ether oxygens (including phenoxy) is 1. The van der Waals surface area contributed by atoms with E-state index in [9.17, 15) is 4.79 Å². The number of carboxylic acid groups (broad SMARTS) is 1. The number of carbonyl (C=O) groups is 1. The number of hydrogen-bond acceptors (Lipinski definition) is 5. The second kappa shape index (κ2) is 4.89. The lowest BCUT2D eigenvalue weighted by molar-refractivity contribution is 0.0689. The number of hydrogen-bond donors (Lipinski definition) is 2. The van der Waals surface area contributed by atoms with Gasteiger partial charge in [0.25, 0.3) is 0 Å². The maximum absolute atomic E-state index is 10.9. The number of aromatic nitrogens is 2. The molecule has 0 aliphatic carbocycles. The predicted octanol–water partition coefficient (Wildman–Crippen LogP) is 0.766. The van der Waals surface area contributed by atoms with Crippen LogP contribution in [0.25, 0.3) is 0 Å². The van der Waals surface area contributed by atoms with Crippen LogP contribution in [0.15, 0.2) is 12.4 Å². The van der Waals surface area contributed by atoms with Crippen LogP contribution < -0.4 is 5.32 Å². The number of rotatable bonds is 3. The molecule has 2 N–H and O–H groups in total. The van der Waals surface area contributed by atoms with Gasteiger partial charge in [0.05, 0.1) is 12.6 Å². The minimum atomic E-state index is -1.08. The van der Waals surface area contributed by atoms with Gasteiger partial charge in [0.1, 0.15) is 0 Å². The maximum Gasteiger partial charge on any atom is 0.358 e. The van der Waals surface area contributed by atoms with E-state index < -0.39 is 5.97 Å². The molecule has 1 aromatic rings. The molecule has 1 aliphatic rings. The Kier molecular flexibility index (Phi) is 3.31. The minimum Gasteiger partial charge on any atom is -0.476 e. The summed E-state index contributed by atoms with van der Waals surface area (Å²) in [6.07, 6.45) is 4.76. The smallest absolute Gasteiger partial charge is 0.358 e. The second-order valence-electron chi connectivity index (χ2n) is 3.62. The van der Waals surface area contributed by atoms with Gasteiger partial charge in [0, 0.05) is 19.0 Å². The van der Waals surface area contributed by atoms with Crippen LogP contribution in [0.4, 0.5) is 5.82 Å². The Morgan fingerprint density at radius 3 is 3.00 bits per heavy atom. The first-order valence-electron chi connectivity index (χ1n) is 5.16. The Hall–Kier alpha value is -1.69. The monoisotopic (exact) mass is 223 g/mol. The van der Waals surface area contributed by atoms with Crippen LogP contribution in [0.5, 0.6) is 0 Å². The molecule has 0 aromatic carbocycles. The fourth-order valence-corrected chi connectivity index (χ4v) is 1.65. The molecule has 6 nitrogen and oxygen atoms in total. The molecule has 1 fully saturated rings. The molecule has 0 radical (unpaired) electrons. The SMILES string of the molecule is O=C(O)c1nccnc1NC1CCCOC1. The Morgan fingerprint density at radius 2 is 2.31 bits per heavy atom. The molecule has 6 heteroatoms. The summed E-state index contributed by atoms with van der Waals surface area (Å²) in [4.78, 5) is 18.7. The van der Waals surface area contributed by atoms with Gasteiger partial charge in [-0.25, -0.2) is 14.8 Å². The van der Waals surface area contributed by atoms with E-state index in [4.69, 9.17) is 9.84 Å². The van der Waals surface area contributed by atoms with Gasteiger partial charge in [-0.3, -0.25) is 0 Å². The van der Waals surface area contributed by atoms with Crippen molar-refractivity contribution in [2.75, 3.05) is 18.5 Å². The van der Waals surface area contributed by atoms with E-state index in [0.717, 1.165) is 19.4 Å². The summed E-state index contributed by atoms with van der Waals surface area (Å²) in [6.45, 7) is 1.35. The normalized spacial score (nSPS) is 20.4. The molecule has 2 rings (SSSR count). The van der Waals surface area contributed by atoms with Gasteiger partial charge in [-0.05, 0) is 12.8 Å². The maximum atomic E-state index is 10.9. The third-order valence-electron chi connectivity index (χ3n) is 2.40. The molecule has 1 atom stereocenters. The van der Waals surface area contributed by atoms with Gasteiger partial charge in [0.15, 0.2) is 11.5 Å². The van der Waals surface area contributed by atoms with E-state index in [1.165, 1.54) is 12.4 Å². The molecular weight excluding hydrogens is 210 g/mol. The highest BCUT2D eigenvalue weighted by Crippen LogP contribution is 2.14. The second-order valence-corrected chi connectivity index (χ2v) is 3.62. The topological polar surface area (TPSA) is 84.3 Å². The molecule has 1 unspecified atom stereocenters. The largest absolute Gasteiger partial charge is 0.476 e. The summed E-state index contributed by atoms with van der Waals surface area (Å²) in [7, 11) is 0. The number of aromatic carboxylic acids is 1. The third-order valence-corrected chi connectivity index (χ3v) is 2.40. The molecule has 16 heavy (non-hydrogen) atoms. The fraction of sp³-hybridized carbons (Fsp3) is 0.500. The first-order chi connectivity index (χ1) is 7.77. The van der Waals surface area contributed by atoms with Crippen LogP contribution >= 0.6 is 0 Å². The summed E-state index contributed by atoms with van der Waals surface area (Å²) in [5.41, 5.74) is -0.0481. The number of anilines is 1. The Balaban J connectivity index is 2.10. The summed E-state index contributed by atoms with van der Waals surface area (Å²) in [5, 5.41) is 12.0. The molecule has 1 aromatic heterocycles. The number of nitrogens with zero attached hydrogens (tertiary/aromatic N) is 2. The van der Waals surface area contributed by atoms with Crippen LogP contribution in [0.1, 0.15) is 23.3 Å². The van der Waals surface area contributed by atoms with Crippen molar-refractivity contribution in [3.05, 3.63) is 18.1 Å². The Bertz CT molecular complexity index is 377. The van der Waals surface area contributed by atoms with Crippen LogP contribution in [0.3, 0.4) is 0 Å². The third kappa shape index (κ3) is 2.46. The van der Waals surface area contributed by atoms with Gasteiger partial charge < -0.3 is 15.2 Å². The molecular formula is C10H13N3O3. The first-order valence-corrected chi connectivity index (χ1v) is 5.16. The van der Waals surface area contributed by atoms with E-state index in [0.29, 0.717) is 12.4 Å². The molecule has 0 bridgehead atoms. The van der Waals surface area contributed by atoms with Crippen molar-refractivity contribution in [2.24, 2.45) is 0 Å². The van der Waals surface area contributed by atoms with Crippen LogP contribution in [-0.4, -0.2) is 40.3 Å². The van der Waals surface area contributed by atoms with E-state index >= 15 is 0 Å². The molecule has 0 spiro atoms. The lowest BCUT2D eigenvalue weighted by Crippen LogP contribution is -2.31. The van der Waals surface area contributed by atoms with Crippen molar-refractivity contribution < 1.29 is 14.6 Å². The van der Waals surface area contributed by atoms with Crippen LogP contribution in [0, 0.1) is 0 Å². The lowest BCUT2D eigenvalue weighted by atomic mass is 10.1. The Labute approximate surface area is 92.7 Å². The quantitative estimate of drug-likeness (QED) is 0.787. The van der Waals surface area contributed by atoms with Crippen molar-refractivity contribution in [1.82, 2.24) is 9.97 Å². The van der Waals surface area contributed by atoms with Crippen molar-refractivity contribution in [1.29, 1.82) is 0 Å². The van der Waals surface area contributed by atoms with Gasteiger partial charge in [-0.15, -0.1) is 0 Å². The van der Waals surface area contributed by atoms with E-state index in [1.807, 2.05) is 0 Å². The summed E-state index contributed by atoms with van der Waals surface area (Å²) >= 11 is 0. The zero-order chi connectivity index (χ0) is 11.4. The standard InChI is InChI=1S/C10H13N3O3/c14-10(15)8-9(12-4-3-11-8)13-7-2-1-5-16-6-7/h3-4,7H,1-2,5-6H2,(H,12,13)(H,14,15). The predicted molar refractivity (Wildman–Crippen MR) is 56.5 cm³/mol. The zero-order valence-corrected chi connectivity index (χ0v) is 8.72. The van der Waals surface area contributed by atoms with Gasteiger partial charge >= 0.3 is 5.97 Å². The molecule has 1 aliphatic heterocycles. The number of carboxylic acids is 1. The highest BCUT2D eigenvalue weighted by molar-refractivity contribution is 5.90. The van der Waals surface area contributed by atoms with Crippen molar-refractivity contribution in [3.63, 3.8) is 0 Å². The fourth-order valence-electron chi connectivity index (χ4n) is 1.65. The van der Waals surface area contributed by atoms with Crippen LogP contribution in [0.2, 0.25) is 0 Å². The van der Waals surface area contributed by atoms with E-state index in [1.54, 1.807) is 0 Å². The summed E-state index contributed by atoms with van der Waals surface area (Å²) < 4.78 is 5.30. The highest BCUT2D eigenvalue weighted by atomic mass is 16.5. The molecule has 1 saturated heterocycles. The number of nitrogens with one attached hydrogen (secondary N) is 1. The van der Waals surface area contributed by atoms with Gasteiger partial charge in [0.2, 0.25) is 0 Å². The highest BCUT2D eigenvalue weighted by Gasteiger charge is 2.18. The molecule has 0 amide bonds. The summed E-state index contributed by atoms with van der Waals surface area (Å²) in [5.74, 6) is -0.766. The van der Waals surface area contributed by atoms with Crippen LogP contribution in [-0.2, 0) is 4.74 Å². The molecule has 0 saturated carbocycles. The van der Waals surface area contributed by atoms with E-state index in [2.05, 4.69) is 15.3 Å². The lowest BCUT2D eigenvalue weighted by Gasteiger charge is -2.23. The van der Waals surface area contributed by atoms with Gasteiger partial charge in [-0.2, -0.15) is 0 Å². The Morgan fingerprint density at radius 1 is 1.50 bits per heavy atom. The average molecular weight is 223 g/mol. The van der Waals surface area contributed by atoms with E-state index in [-0.39, 0.29) is 11.7 Å². The minimum absolute atomic E-state index is 0.0481. The van der Waals surface area contributed by atoms with Crippen molar-refractivity contribution in [3.8, 4) is 0 Å². The molecule has 86 valence electrons. The first kappa shape index (κ1) is 10.8. The average Bonchev–Trinajstić information content (AvgIpc) is 2.31. The van der Waals surface area contributed by atoms with Crippen molar-refractivity contribution >= 4 is 11.8 Å². The zero-order valence-electron chi connectivity index (χ0n) is 8.72. The summed E-state index contributed by atoms with van der Waals surface area (Å²) in [6, 6.07) is 0.114. The van der Waals surface area contributed by atoms with Crippen molar-refractivity contribution in [2.45, 2.75) is 18.9 Å². The molecule has 2 heterocycles.